The molecule has 0 aliphatic carbocycles. The van der Waals surface area contributed by atoms with Crippen molar-refractivity contribution in [2.45, 2.75) is 38.0 Å². The maximum Gasteiger partial charge on any atom is 0.263 e. The first-order chi connectivity index (χ1) is 18.0. The van der Waals surface area contributed by atoms with Crippen LogP contribution in [-0.2, 0) is 9.47 Å². The summed E-state index contributed by atoms with van der Waals surface area (Å²) in [5.74, 6) is 1.07. The van der Waals surface area contributed by atoms with E-state index in [1.807, 2.05) is 31.3 Å². The topological polar surface area (TPSA) is 106 Å². The lowest BCUT2D eigenvalue weighted by Gasteiger charge is -2.32. The molecule has 2 aliphatic rings. The second kappa shape index (κ2) is 9.97. The molecule has 0 saturated carbocycles. The lowest BCUT2D eigenvalue weighted by atomic mass is 9.94. The van der Waals surface area contributed by atoms with E-state index in [0.29, 0.717) is 12.5 Å². The van der Waals surface area contributed by atoms with Gasteiger partial charge >= 0.3 is 0 Å². The number of aromatic nitrogens is 4. The van der Waals surface area contributed by atoms with Crippen molar-refractivity contribution in [2.75, 3.05) is 45.7 Å². The number of thiophene rings is 1. The van der Waals surface area contributed by atoms with Crippen molar-refractivity contribution < 1.29 is 14.3 Å². The molecule has 1 aromatic carbocycles. The van der Waals surface area contributed by atoms with Crippen LogP contribution in [0.15, 0.2) is 30.5 Å². The number of ether oxygens (including phenoxy) is 2. The van der Waals surface area contributed by atoms with Crippen molar-refractivity contribution >= 4 is 43.9 Å². The number of nitrogens with zero attached hydrogens (tertiary/aromatic N) is 5. The van der Waals surface area contributed by atoms with Gasteiger partial charge in [0, 0.05) is 54.7 Å². The maximum atomic E-state index is 12.7. The number of nitrogens with one attached hydrogen (secondary N) is 2. The number of anilines is 1. The molecule has 10 nitrogen and oxygen atoms in total. The molecule has 0 unspecified atom stereocenters. The molecule has 6 rings (SSSR count). The van der Waals surface area contributed by atoms with Gasteiger partial charge in [0.05, 0.1) is 23.1 Å². The third kappa shape index (κ3) is 4.56. The van der Waals surface area contributed by atoms with Crippen LogP contribution in [0.5, 0.6) is 0 Å². The van der Waals surface area contributed by atoms with Gasteiger partial charge in [0.25, 0.3) is 5.91 Å². The Morgan fingerprint density at radius 2 is 1.97 bits per heavy atom. The van der Waals surface area contributed by atoms with E-state index < -0.39 is 0 Å². The lowest BCUT2D eigenvalue weighted by molar-refractivity contribution is -0.118. The highest BCUT2D eigenvalue weighted by Gasteiger charge is 2.26. The predicted octanol–water partition coefficient (Wildman–Crippen LogP) is 3.37. The zero-order valence-corrected chi connectivity index (χ0v) is 22.0. The molecule has 4 aromatic rings. The fourth-order valence-corrected chi connectivity index (χ4v) is 6.38. The molecule has 2 aliphatic heterocycles. The number of hydrogen-bond donors (Lipinski definition) is 2. The van der Waals surface area contributed by atoms with Crippen molar-refractivity contribution in [1.82, 2.24) is 30.2 Å². The second-order valence-corrected chi connectivity index (χ2v) is 10.9. The number of rotatable bonds is 6. The van der Waals surface area contributed by atoms with E-state index in [0.717, 1.165) is 75.5 Å². The van der Waals surface area contributed by atoms with Crippen LogP contribution in [0.1, 0.15) is 41.0 Å². The second-order valence-electron chi connectivity index (χ2n) is 9.80. The smallest absolute Gasteiger partial charge is 0.263 e. The van der Waals surface area contributed by atoms with E-state index in [9.17, 15) is 4.79 Å². The Morgan fingerprint density at radius 3 is 2.76 bits per heavy atom. The van der Waals surface area contributed by atoms with E-state index in [1.165, 1.54) is 11.3 Å². The monoisotopic (exact) mass is 521 g/mol. The molecule has 1 saturated heterocycles. The van der Waals surface area contributed by atoms with Crippen LogP contribution >= 0.6 is 11.3 Å². The normalized spacial score (nSPS) is 19.2. The van der Waals surface area contributed by atoms with Crippen molar-refractivity contribution in [3.8, 4) is 5.82 Å². The fraction of sp³-hybridized carbons (Fsp3) is 0.462. The predicted molar refractivity (Wildman–Crippen MR) is 144 cm³/mol. The van der Waals surface area contributed by atoms with E-state index in [-0.39, 0.29) is 18.2 Å². The van der Waals surface area contributed by atoms with Crippen molar-refractivity contribution in [3.05, 3.63) is 41.0 Å². The van der Waals surface area contributed by atoms with Crippen LogP contribution in [0, 0.1) is 0 Å². The summed E-state index contributed by atoms with van der Waals surface area (Å²) in [6, 6.07) is 8.18. The Balaban J connectivity index is 1.23. The first-order valence-corrected chi connectivity index (χ1v) is 13.5. The summed E-state index contributed by atoms with van der Waals surface area (Å²) < 4.78 is 13.5. The van der Waals surface area contributed by atoms with Gasteiger partial charge in [0.2, 0.25) is 0 Å². The number of likely N-dealkylation sites (tertiary alicyclic amines) is 1. The number of amides is 1. The Labute approximate surface area is 218 Å². The summed E-state index contributed by atoms with van der Waals surface area (Å²) in [5, 5.41) is 17.5. The minimum Gasteiger partial charge on any atom is -0.381 e. The average molecular weight is 522 g/mol. The van der Waals surface area contributed by atoms with Crippen molar-refractivity contribution in [2.24, 2.45) is 0 Å². The Morgan fingerprint density at radius 1 is 1.16 bits per heavy atom. The fourth-order valence-electron chi connectivity index (χ4n) is 5.29. The quantitative estimate of drug-likeness (QED) is 0.372. The van der Waals surface area contributed by atoms with Crippen LogP contribution in [0.2, 0.25) is 0 Å². The van der Waals surface area contributed by atoms with Crippen molar-refractivity contribution in [1.29, 1.82) is 0 Å². The maximum absolute atomic E-state index is 12.7. The highest BCUT2D eigenvalue weighted by molar-refractivity contribution is 7.21. The number of fused-ring (bicyclic) bond motifs is 5. The molecular formula is C26H31N7O3S. The summed E-state index contributed by atoms with van der Waals surface area (Å²) >= 11 is 1.52. The Bertz CT molecular complexity index is 1440. The highest BCUT2D eigenvalue weighted by atomic mass is 32.1. The zero-order valence-electron chi connectivity index (χ0n) is 21.2. The van der Waals surface area contributed by atoms with E-state index in [2.05, 4.69) is 31.9 Å². The molecule has 1 fully saturated rings. The Kier molecular flexibility index (Phi) is 6.53. The average Bonchev–Trinajstić information content (AvgIpc) is 3.53. The largest absolute Gasteiger partial charge is 0.381 e. The summed E-state index contributed by atoms with van der Waals surface area (Å²) in [6.07, 6.45) is 3.84. The van der Waals surface area contributed by atoms with Gasteiger partial charge in [0.1, 0.15) is 4.88 Å². The third-order valence-electron chi connectivity index (χ3n) is 7.36. The molecule has 5 heterocycles. The lowest BCUT2D eigenvalue weighted by Crippen LogP contribution is -2.39. The molecule has 0 radical (unpaired) electrons. The van der Waals surface area contributed by atoms with Gasteiger partial charge in [-0.3, -0.25) is 9.69 Å². The minimum absolute atomic E-state index is 0.0235. The van der Waals surface area contributed by atoms with E-state index in [1.54, 1.807) is 18.9 Å². The summed E-state index contributed by atoms with van der Waals surface area (Å²) in [6.45, 7) is 5.41. The number of piperidine rings is 1. The van der Waals surface area contributed by atoms with Crippen LogP contribution in [0.4, 0.5) is 5.69 Å². The molecular weight excluding hydrogens is 490 g/mol. The molecule has 1 amide bonds. The van der Waals surface area contributed by atoms with Crippen LogP contribution in [0.3, 0.4) is 0 Å². The van der Waals surface area contributed by atoms with Gasteiger partial charge in [-0.15, -0.1) is 16.4 Å². The molecule has 0 spiro atoms. The molecule has 2 N–H and O–H groups in total. The van der Waals surface area contributed by atoms with Gasteiger partial charge in [-0.1, -0.05) is 5.21 Å². The first kappa shape index (κ1) is 24.2. The summed E-state index contributed by atoms with van der Waals surface area (Å²) in [5.41, 5.74) is 2.76. The third-order valence-corrected chi connectivity index (χ3v) is 8.51. The molecule has 1 atom stereocenters. The molecule has 11 heteroatoms. The Hall–Kier alpha value is -3.12. The van der Waals surface area contributed by atoms with Gasteiger partial charge in [-0.05, 0) is 57.1 Å². The van der Waals surface area contributed by atoms with Gasteiger partial charge in [0.15, 0.2) is 12.1 Å². The zero-order chi connectivity index (χ0) is 25.5. The van der Waals surface area contributed by atoms with E-state index in [4.69, 9.17) is 14.5 Å². The number of carbonyl (C=O) groups is 1. The first-order valence-electron chi connectivity index (χ1n) is 12.7. The standard InChI is InChI=1S/C26H31N7O3S/c1-15-12-27-24-23-17-4-7-21(29-18(17)5-6-20(23)37-25(24)26(34)28-15)33-13-19(30-31-33)16-8-10-32(11-9-16)14-22(35-2)36-3/h4-7,13,15-16,22,27H,8-12,14H2,1-3H3,(H,28,34)/t15-/m1/s1. The molecule has 3 aromatic heterocycles. The highest BCUT2D eigenvalue weighted by Crippen LogP contribution is 2.41. The van der Waals surface area contributed by atoms with Crippen molar-refractivity contribution in [3.63, 3.8) is 0 Å². The number of benzene rings is 1. The number of pyridine rings is 1. The summed E-state index contributed by atoms with van der Waals surface area (Å²) in [7, 11) is 3.35. The molecule has 37 heavy (non-hydrogen) atoms. The van der Waals surface area contributed by atoms with Crippen LogP contribution in [0.25, 0.3) is 26.8 Å². The van der Waals surface area contributed by atoms with Crippen LogP contribution < -0.4 is 10.6 Å². The van der Waals surface area contributed by atoms with Gasteiger partial charge in [-0.2, -0.15) is 0 Å². The molecule has 0 bridgehead atoms. The number of hydrogen-bond acceptors (Lipinski definition) is 9. The minimum atomic E-state index is -0.196. The van der Waals surface area contributed by atoms with Gasteiger partial charge < -0.3 is 20.1 Å². The van der Waals surface area contributed by atoms with Gasteiger partial charge in [-0.25, -0.2) is 9.67 Å². The number of carbonyl (C=O) groups excluding carboxylic acids is 1. The van der Waals surface area contributed by atoms with E-state index >= 15 is 0 Å². The number of methoxy groups -OCH3 is 2. The SMILES string of the molecule is COC(CN1CCC(c2cn(-c3ccc4c(ccc5sc6c(c54)NC[C@@H](C)NC6=O)n3)nn2)CC1)OC. The summed E-state index contributed by atoms with van der Waals surface area (Å²) in [4.78, 5) is 20.7. The molecule has 194 valence electrons. The van der Waals surface area contributed by atoms with Crippen LogP contribution in [-0.4, -0.2) is 83.5 Å².